The molecular formula is C7H3Cl. The molecule has 0 aromatic carbocycles. The molecular weight excluding hydrogens is 120 g/mol. The quantitative estimate of drug-likeness (QED) is 0.330. The number of rotatable bonds is 0. The predicted molar refractivity (Wildman–Crippen MR) is 35.1 cm³/mol. The van der Waals surface area contributed by atoms with Crippen LogP contribution < -0.4 is 0 Å². The summed E-state index contributed by atoms with van der Waals surface area (Å²) >= 11 is 5.19. The lowest BCUT2D eigenvalue weighted by atomic mass is 10.5. The molecule has 0 atom stereocenters. The minimum Gasteiger partial charge on any atom is -0.113 e. The maximum Gasteiger partial charge on any atom is 0.0845 e. The smallest absolute Gasteiger partial charge is 0.0845 e. The van der Waals surface area contributed by atoms with Gasteiger partial charge in [-0.3, -0.25) is 0 Å². The zero-order valence-electron chi connectivity index (χ0n) is 4.16. The van der Waals surface area contributed by atoms with E-state index in [1.54, 1.807) is 0 Å². The van der Waals surface area contributed by atoms with E-state index in [4.69, 9.17) is 18.0 Å². The summed E-state index contributed by atoms with van der Waals surface area (Å²) in [6, 6.07) is 0. The fourth-order valence-corrected chi connectivity index (χ4v) is 0.212. The molecule has 0 aliphatic heterocycles. The first-order chi connectivity index (χ1) is 3.91. The summed E-state index contributed by atoms with van der Waals surface area (Å²) in [5, 5.41) is 0. The SMILES string of the molecule is C#CC#CC#CCCl. The Morgan fingerprint density at radius 2 is 2.00 bits per heavy atom. The second-order valence-corrected chi connectivity index (χ2v) is 1.10. The van der Waals surface area contributed by atoms with Crippen molar-refractivity contribution in [2.75, 3.05) is 5.88 Å². The van der Waals surface area contributed by atoms with Crippen LogP contribution in [0.1, 0.15) is 0 Å². The lowest BCUT2D eigenvalue weighted by Gasteiger charge is -1.57. The maximum atomic E-state index is 5.19. The molecule has 38 valence electrons. The molecule has 8 heavy (non-hydrogen) atoms. The summed E-state index contributed by atoms with van der Waals surface area (Å²) in [7, 11) is 0. The van der Waals surface area contributed by atoms with Gasteiger partial charge in [0.15, 0.2) is 0 Å². The highest BCUT2D eigenvalue weighted by molar-refractivity contribution is 6.19. The number of hydrogen-bond acceptors (Lipinski definition) is 0. The second-order valence-electron chi connectivity index (χ2n) is 0.830. The van der Waals surface area contributed by atoms with E-state index >= 15 is 0 Å². The monoisotopic (exact) mass is 122 g/mol. The van der Waals surface area contributed by atoms with Crippen LogP contribution in [0.5, 0.6) is 0 Å². The summed E-state index contributed by atoms with van der Waals surface area (Å²) in [4.78, 5) is 0. The van der Waals surface area contributed by atoms with Gasteiger partial charge in [-0.1, -0.05) is 5.92 Å². The normalized spacial score (nSPS) is 4.50. The van der Waals surface area contributed by atoms with Crippen LogP contribution in [0.4, 0.5) is 0 Å². The molecule has 0 fully saturated rings. The molecule has 0 amide bonds. The zero-order valence-corrected chi connectivity index (χ0v) is 4.92. The summed E-state index contributed by atoms with van der Waals surface area (Å²) in [5.74, 6) is 12.1. The molecule has 0 aliphatic carbocycles. The number of terminal acetylenes is 1. The van der Waals surface area contributed by atoms with Gasteiger partial charge in [-0.2, -0.15) is 0 Å². The Labute approximate surface area is 54.2 Å². The average molecular weight is 123 g/mol. The van der Waals surface area contributed by atoms with Gasteiger partial charge in [0, 0.05) is 0 Å². The Hall–Kier alpha value is -1.03. The van der Waals surface area contributed by atoms with E-state index in [9.17, 15) is 0 Å². The molecule has 0 bridgehead atoms. The number of hydrogen-bond donors (Lipinski definition) is 0. The van der Waals surface area contributed by atoms with Crippen molar-refractivity contribution in [1.82, 2.24) is 0 Å². The van der Waals surface area contributed by atoms with Crippen molar-refractivity contribution in [2.45, 2.75) is 0 Å². The van der Waals surface area contributed by atoms with Gasteiger partial charge < -0.3 is 0 Å². The number of halogens is 1. The van der Waals surface area contributed by atoms with Crippen LogP contribution in [0.3, 0.4) is 0 Å². The molecule has 0 radical (unpaired) electrons. The van der Waals surface area contributed by atoms with Crippen LogP contribution in [-0.4, -0.2) is 5.88 Å². The minimum atomic E-state index is 0.305. The molecule has 0 saturated carbocycles. The first-order valence-corrected chi connectivity index (χ1v) is 2.44. The Bertz CT molecular complexity index is 199. The lowest BCUT2D eigenvalue weighted by Crippen LogP contribution is -1.56. The Balaban J connectivity index is 3.61. The van der Waals surface area contributed by atoms with Crippen molar-refractivity contribution in [3.8, 4) is 36.0 Å². The molecule has 0 rings (SSSR count). The van der Waals surface area contributed by atoms with Gasteiger partial charge in [-0.15, -0.1) is 18.0 Å². The third kappa shape index (κ3) is 4.97. The summed E-state index contributed by atoms with van der Waals surface area (Å²) in [6.07, 6.45) is 4.79. The fraction of sp³-hybridized carbons (Fsp3) is 0.143. The molecule has 0 aromatic rings. The first kappa shape index (κ1) is 6.97. The van der Waals surface area contributed by atoms with E-state index in [1.165, 1.54) is 0 Å². The highest BCUT2D eigenvalue weighted by Crippen LogP contribution is 1.65. The van der Waals surface area contributed by atoms with Gasteiger partial charge in [-0.05, 0) is 23.7 Å². The van der Waals surface area contributed by atoms with Gasteiger partial charge in [0.25, 0.3) is 0 Å². The highest BCUT2D eigenvalue weighted by Gasteiger charge is 1.56. The van der Waals surface area contributed by atoms with Gasteiger partial charge >= 0.3 is 0 Å². The van der Waals surface area contributed by atoms with Crippen LogP contribution in [0.25, 0.3) is 0 Å². The molecule has 0 aliphatic rings. The lowest BCUT2D eigenvalue weighted by molar-refractivity contribution is 1.92. The van der Waals surface area contributed by atoms with Gasteiger partial charge in [0.05, 0.1) is 5.88 Å². The molecule has 0 unspecified atom stereocenters. The standard InChI is InChI=1S/C7H3Cl/c1-2-3-4-5-6-7-8/h1H,7H2. The van der Waals surface area contributed by atoms with E-state index in [0.29, 0.717) is 5.88 Å². The van der Waals surface area contributed by atoms with Crippen LogP contribution in [0.2, 0.25) is 0 Å². The van der Waals surface area contributed by atoms with Crippen molar-refractivity contribution in [1.29, 1.82) is 0 Å². The van der Waals surface area contributed by atoms with Crippen LogP contribution in [0.15, 0.2) is 0 Å². The Kier molecular flexibility index (Phi) is 5.20. The molecule has 1 heteroatoms. The van der Waals surface area contributed by atoms with E-state index < -0.39 is 0 Å². The summed E-state index contributed by atoms with van der Waals surface area (Å²) in [6.45, 7) is 0. The van der Waals surface area contributed by atoms with Crippen molar-refractivity contribution in [2.24, 2.45) is 0 Å². The van der Waals surface area contributed by atoms with Crippen LogP contribution in [-0.2, 0) is 0 Å². The fourth-order valence-electron chi connectivity index (χ4n) is 0.145. The van der Waals surface area contributed by atoms with Gasteiger partial charge in [0.2, 0.25) is 0 Å². The Morgan fingerprint density at radius 3 is 2.50 bits per heavy atom. The first-order valence-electron chi connectivity index (χ1n) is 1.91. The number of alkyl halides is 1. The van der Waals surface area contributed by atoms with Crippen LogP contribution >= 0.6 is 11.6 Å². The highest BCUT2D eigenvalue weighted by atomic mass is 35.5. The average Bonchev–Trinajstić information content (AvgIpc) is 1.81. The van der Waals surface area contributed by atoms with Crippen molar-refractivity contribution >= 4 is 11.6 Å². The molecule has 0 aromatic heterocycles. The van der Waals surface area contributed by atoms with E-state index in [-0.39, 0.29) is 0 Å². The van der Waals surface area contributed by atoms with Gasteiger partial charge in [-0.25, -0.2) is 0 Å². The Morgan fingerprint density at radius 1 is 1.25 bits per heavy atom. The third-order valence-corrected chi connectivity index (χ3v) is 0.486. The summed E-state index contributed by atoms with van der Waals surface area (Å²) < 4.78 is 0. The second kappa shape index (κ2) is 5.97. The molecule has 0 heterocycles. The maximum absolute atomic E-state index is 5.19. The van der Waals surface area contributed by atoms with Crippen molar-refractivity contribution in [3.05, 3.63) is 0 Å². The zero-order chi connectivity index (χ0) is 6.24. The molecule has 0 saturated heterocycles. The molecule has 0 N–H and O–H groups in total. The van der Waals surface area contributed by atoms with Crippen LogP contribution in [0, 0.1) is 36.0 Å². The molecule has 0 spiro atoms. The van der Waals surface area contributed by atoms with Crippen molar-refractivity contribution in [3.63, 3.8) is 0 Å². The van der Waals surface area contributed by atoms with Gasteiger partial charge in [0.1, 0.15) is 0 Å². The minimum absolute atomic E-state index is 0.305. The van der Waals surface area contributed by atoms with E-state index in [1.807, 2.05) is 0 Å². The molecule has 0 nitrogen and oxygen atoms in total. The largest absolute Gasteiger partial charge is 0.113 e. The third-order valence-electron chi connectivity index (χ3n) is 0.352. The van der Waals surface area contributed by atoms with E-state index in [2.05, 4.69) is 29.6 Å². The topological polar surface area (TPSA) is 0 Å². The van der Waals surface area contributed by atoms with E-state index in [0.717, 1.165) is 0 Å². The predicted octanol–water partition coefficient (Wildman–Crippen LogP) is 0.865. The van der Waals surface area contributed by atoms with Crippen molar-refractivity contribution < 1.29 is 0 Å². The summed E-state index contributed by atoms with van der Waals surface area (Å²) in [5.41, 5.74) is 0.